The molecule has 0 amide bonds. The first-order valence-corrected chi connectivity index (χ1v) is 3.44. The second-order valence-corrected chi connectivity index (χ2v) is 2.26. The van der Waals surface area contributed by atoms with Gasteiger partial charge in [0.25, 0.3) is 0 Å². The Kier molecular flexibility index (Phi) is 3.28. The van der Waals surface area contributed by atoms with Gasteiger partial charge in [0.05, 0.1) is 32.4 Å². The van der Waals surface area contributed by atoms with Crippen LogP contribution in [0.25, 0.3) is 0 Å². The molecule has 1 aliphatic rings. The third kappa shape index (κ3) is 2.45. The third-order valence-electron chi connectivity index (χ3n) is 1.50. The number of carbonyl (C=O) groups is 1. The Bertz CT molecular complexity index is 130. The summed E-state index contributed by atoms with van der Waals surface area (Å²) >= 11 is 0. The van der Waals surface area contributed by atoms with Crippen LogP contribution in [0, 0.1) is 0 Å². The van der Waals surface area contributed by atoms with Crippen LogP contribution < -0.4 is 0 Å². The van der Waals surface area contributed by atoms with E-state index in [1.165, 1.54) is 5.06 Å². The van der Waals surface area contributed by atoms with E-state index in [2.05, 4.69) is 4.84 Å². The van der Waals surface area contributed by atoms with Crippen LogP contribution in [0.15, 0.2) is 0 Å². The molecular weight excluding hydrogens is 150 g/mol. The van der Waals surface area contributed by atoms with E-state index in [-0.39, 0.29) is 12.7 Å². The summed E-state index contributed by atoms with van der Waals surface area (Å²) in [4.78, 5) is 14.5. The molecule has 0 spiro atoms. The average molecular weight is 161 g/mol. The van der Waals surface area contributed by atoms with Crippen LogP contribution in [0.5, 0.6) is 0 Å². The molecule has 1 rings (SSSR count). The minimum Gasteiger partial charge on any atom is -0.394 e. The molecule has 5 heteroatoms. The Morgan fingerprint density at radius 1 is 1.82 bits per heavy atom. The molecule has 0 saturated carbocycles. The summed E-state index contributed by atoms with van der Waals surface area (Å²) in [6.45, 7) is 1.82. The number of aliphatic hydroxyl groups excluding tert-OH is 1. The zero-order chi connectivity index (χ0) is 8.10. The summed E-state index contributed by atoms with van der Waals surface area (Å²) in [5.41, 5.74) is 0. The number of aliphatic hydroxyl groups is 1. The summed E-state index contributed by atoms with van der Waals surface area (Å²) in [6, 6.07) is 0. The number of nitrogens with zero attached hydrogens (tertiary/aromatic N) is 1. The first kappa shape index (κ1) is 8.45. The SMILES string of the molecule is O=CON1CCO[C@@H](CO)C1. The number of hydrogen-bond donors (Lipinski definition) is 1. The van der Waals surface area contributed by atoms with E-state index < -0.39 is 0 Å². The van der Waals surface area contributed by atoms with Crippen molar-refractivity contribution in [3.05, 3.63) is 0 Å². The van der Waals surface area contributed by atoms with Gasteiger partial charge in [0.1, 0.15) is 0 Å². The Morgan fingerprint density at radius 2 is 2.64 bits per heavy atom. The molecular formula is C6H11NO4. The van der Waals surface area contributed by atoms with Gasteiger partial charge in [-0.05, 0) is 0 Å². The van der Waals surface area contributed by atoms with E-state index in [0.717, 1.165) is 0 Å². The third-order valence-corrected chi connectivity index (χ3v) is 1.50. The molecule has 0 aromatic heterocycles. The number of carbonyl (C=O) groups excluding carboxylic acids is 1. The van der Waals surface area contributed by atoms with Gasteiger partial charge in [0.2, 0.25) is 0 Å². The predicted octanol–water partition coefficient (Wildman–Crippen LogP) is -1.23. The van der Waals surface area contributed by atoms with Crippen molar-refractivity contribution < 1.29 is 19.5 Å². The first-order chi connectivity index (χ1) is 5.36. The lowest BCUT2D eigenvalue weighted by molar-refractivity contribution is -0.204. The molecule has 5 nitrogen and oxygen atoms in total. The zero-order valence-corrected chi connectivity index (χ0v) is 6.10. The summed E-state index contributed by atoms with van der Waals surface area (Å²) < 4.78 is 5.12. The van der Waals surface area contributed by atoms with Crippen molar-refractivity contribution in [3.8, 4) is 0 Å². The standard InChI is InChI=1S/C6H11NO4/c8-4-6-3-7(11-5-9)1-2-10-6/h5-6,8H,1-4H2/t6-/m1/s1. The molecule has 1 N–H and O–H groups in total. The quantitative estimate of drug-likeness (QED) is 0.525. The largest absolute Gasteiger partial charge is 0.394 e. The second-order valence-electron chi connectivity index (χ2n) is 2.26. The van der Waals surface area contributed by atoms with E-state index in [0.29, 0.717) is 26.2 Å². The molecule has 1 atom stereocenters. The summed E-state index contributed by atoms with van der Waals surface area (Å²) in [5, 5.41) is 10.2. The van der Waals surface area contributed by atoms with Crippen LogP contribution in [-0.2, 0) is 14.4 Å². The van der Waals surface area contributed by atoms with Crippen molar-refractivity contribution >= 4 is 6.47 Å². The summed E-state index contributed by atoms with van der Waals surface area (Å²) in [6.07, 6.45) is -0.233. The molecule has 1 saturated heterocycles. The monoisotopic (exact) mass is 161 g/mol. The van der Waals surface area contributed by atoms with Crippen LogP contribution in [0.4, 0.5) is 0 Å². The Labute approximate surface area is 64.5 Å². The number of morpholine rings is 1. The molecule has 0 unspecified atom stereocenters. The summed E-state index contributed by atoms with van der Waals surface area (Å²) in [7, 11) is 0. The lowest BCUT2D eigenvalue weighted by atomic mass is 10.3. The molecule has 0 bridgehead atoms. The molecule has 0 aliphatic carbocycles. The van der Waals surface area contributed by atoms with Crippen LogP contribution >= 0.6 is 0 Å². The fraction of sp³-hybridized carbons (Fsp3) is 0.833. The van der Waals surface area contributed by atoms with Crippen LogP contribution in [0.1, 0.15) is 0 Å². The second kappa shape index (κ2) is 4.27. The molecule has 11 heavy (non-hydrogen) atoms. The smallest absolute Gasteiger partial charge is 0.312 e. The normalized spacial score (nSPS) is 26.5. The molecule has 64 valence electrons. The summed E-state index contributed by atoms with van der Waals surface area (Å²) in [5.74, 6) is 0. The van der Waals surface area contributed by atoms with Crippen LogP contribution in [-0.4, -0.2) is 49.0 Å². The highest BCUT2D eigenvalue weighted by Crippen LogP contribution is 2.03. The van der Waals surface area contributed by atoms with E-state index in [4.69, 9.17) is 9.84 Å². The maximum absolute atomic E-state index is 9.90. The van der Waals surface area contributed by atoms with Gasteiger partial charge in [0.15, 0.2) is 0 Å². The number of ether oxygens (including phenoxy) is 1. The van der Waals surface area contributed by atoms with Crippen molar-refractivity contribution in [2.45, 2.75) is 6.10 Å². The number of rotatable bonds is 3. The Hall–Kier alpha value is -0.650. The van der Waals surface area contributed by atoms with Crippen molar-refractivity contribution in [2.24, 2.45) is 0 Å². The molecule has 1 aliphatic heterocycles. The van der Waals surface area contributed by atoms with E-state index >= 15 is 0 Å². The van der Waals surface area contributed by atoms with Gasteiger partial charge in [-0.25, -0.2) is 0 Å². The minimum atomic E-state index is -0.233. The highest BCUT2D eigenvalue weighted by Gasteiger charge is 2.20. The number of hydrogen-bond acceptors (Lipinski definition) is 5. The topological polar surface area (TPSA) is 59.0 Å². The zero-order valence-electron chi connectivity index (χ0n) is 6.10. The van der Waals surface area contributed by atoms with E-state index in [1.54, 1.807) is 0 Å². The van der Waals surface area contributed by atoms with Gasteiger partial charge in [-0.15, -0.1) is 5.06 Å². The van der Waals surface area contributed by atoms with Crippen molar-refractivity contribution in [1.82, 2.24) is 5.06 Å². The number of hydroxylamine groups is 2. The van der Waals surface area contributed by atoms with Gasteiger partial charge in [-0.2, -0.15) is 0 Å². The van der Waals surface area contributed by atoms with Gasteiger partial charge in [0, 0.05) is 0 Å². The average Bonchev–Trinajstić information content (AvgIpc) is 2.06. The van der Waals surface area contributed by atoms with Gasteiger partial charge < -0.3 is 14.7 Å². The predicted molar refractivity (Wildman–Crippen MR) is 35.5 cm³/mol. The molecule has 1 fully saturated rings. The maximum atomic E-state index is 9.90. The van der Waals surface area contributed by atoms with Gasteiger partial charge >= 0.3 is 6.47 Å². The fourth-order valence-electron chi connectivity index (χ4n) is 0.959. The fourth-order valence-corrected chi connectivity index (χ4v) is 0.959. The lowest BCUT2D eigenvalue weighted by Gasteiger charge is -2.28. The van der Waals surface area contributed by atoms with E-state index in [9.17, 15) is 4.79 Å². The minimum absolute atomic E-state index is 0.0429. The van der Waals surface area contributed by atoms with Gasteiger partial charge in [-0.1, -0.05) is 0 Å². The maximum Gasteiger partial charge on any atom is 0.312 e. The van der Waals surface area contributed by atoms with Crippen molar-refractivity contribution in [3.63, 3.8) is 0 Å². The molecule has 1 heterocycles. The molecule has 0 aromatic rings. The van der Waals surface area contributed by atoms with Crippen molar-refractivity contribution in [2.75, 3.05) is 26.3 Å². The van der Waals surface area contributed by atoms with Crippen LogP contribution in [0.2, 0.25) is 0 Å². The van der Waals surface area contributed by atoms with Gasteiger partial charge in [-0.3, -0.25) is 4.79 Å². The molecule has 0 radical (unpaired) electrons. The van der Waals surface area contributed by atoms with Crippen molar-refractivity contribution in [1.29, 1.82) is 0 Å². The van der Waals surface area contributed by atoms with Crippen LogP contribution in [0.3, 0.4) is 0 Å². The van der Waals surface area contributed by atoms with E-state index in [1.807, 2.05) is 0 Å². The highest BCUT2D eigenvalue weighted by atomic mass is 16.7. The lowest BCUT2D eigenvalue weighted by Crippen LogP contribution is -2.43. The molecule has 0 aromatic carbocycles. The Balaban J connectivity index is 2.27. The Morgan fingerprint density at radius 3 is 3.27 bits per heavy atom. The highest BCUT2D eigenvalue weighted by molar-refractivity contribution is 5.36. The first-order valence-electron chi connectivity index (χ1n) is 3.44.